The van der Waals surface area contributed by atoms with Gasteiger partial charge in [0, 0.05) is 18.1 Å². The topological polar surface area (TPSA) is 120 Å². The van der Waals surface area contributed by atoms with Gasteiger partial charge >= 0.3 is 0 Å². The number of benzene rings is 1. The van der Waals surface area contributed by atoms with Gasteiger partial charge in [0.15, 0.2) is 11.8 Å². The Morgan fingerprint density at radius 2 is 1.97 bits per heavy atom. The summed E-state index contributed by atoms with van der Waals surface area (Å²) < 4.78 is 43.6. The van der Waals surface area contributed by atoms with Crippen LogP contribution in [-0.4, -0.2) is 77.0 Å². The van der Waals surface area contributed by atoms with Crippen molar-refractivity contribution in [2.24, 2.45) is 0 Å². The second-order valence-electron chi connectivity index (χ2n) is 9.87. The molecule has 12 heteroatoms. The van der Waals surface area contributed by atoms with Crippen LogP contribution in [-0.2, 0) is 20.6 Å². The molecule has 0 radical (unpaired) electrons. The minimum Gasteiger partial charge on any atom is -0.488 e. The molecule has 0 bridgehead atoms. The lowest BCUT2D eigenvalue weighted by molar-refractivity contribution is 0.00706. The molecule has 6 atom stereocenters. The zero-order valence-corrected chi connectivity index (χ0v) is 20.5. The fraction of sp³-hybridized carbons (Fsp3) is 0.520. The van der Waals surface area contributed by atoms with Crippen molar-refractivity contribution in [1.29, 1.82) is 0 Å². The molecule has 37 heavy (non-hydrogen) atoms. The highest BCUT2D eigenvalue weighted by atomic mass is 35.5. The first-order valence-corrected chi connectivity index (χ1v) is 12.9. The van der Waals surface area contributed by atoms with Crippen molar-refractivity contribution in [1.82, 2.24) is 15.0 Å². The molecule has 0 saturated carbocycles. The van der Waals surface area contributed by atoms with E-state index in [1.807, 2.05) is 6.07 Å². The summed E-state index contributed by atoms with van der Waals surface area (Å²) in [5, 5.41) is 13.6. The standard InChI is InChI=1S/C25H26ClFN4O6/c26-14-7-17-24(31-25(29-17)37-19-10-35-21-18(32)9-34-22(19)21)30-23(14)28-16-2-1-11-5-13(6-15(27)20(11)16)36-12-3-4-33-8-12/h5-7,12,16,18-19,21-22,32H,1-4,8-10H2,(H2,28,29,30,31)/t12-,16?,18+,19+,21+,22+/m0/s1. The first kappa shape index (κ1) is 23.4. The summed E-state index contributed by atoms with van der Waals surface area (Å²) in [4.78, 5) is 12.1. The third-order valence-corrected chi connectivity index (χ3v) is 7.68. The molecule has 3 fully saturated rings. The molecular weight excluding hydrogens is 507 g/mol. The van der Waals surface area contributed by atoms with Crippen LogP contribution >= 0.6 is 11.6 Å². The number of hydrogen-bond donors (Lipinski definition) is 3. The normalized spacial score (nSPS) is 30.6. The molecule has 3 N–H and O–H groups in total. The Morgan fingerprint density at radius 3 is 2.84 bits per heavy atom. The maximum atomic E-state index is 15.2. The quantitative estimate of drug-likeness (QED) is 0.440. The SMILES string of the molecule is O[C@@H]1CO[C@H]2[C@@H]1OC[C@H]2Oc1nc2nc(NC3CCc4cc(O[C@H]5CCOC5)cc(F)c43)c(Cl)cc2[nH]1. The molecule has 1 unspecified atom stereocenters. The number of halogens is 2. The maximum Gasteiger partial charge on any atom is 0.296 e. The molecule has 0 amide bonds. The fourth-order valence-corrected chi connectivity index (χ4v) is 5.81. The molecule has 5 heterocycles. The number of pyridine rings is 1. The van der Waals surface area contributed by atoms with Gasteiger partial charge in [-0.2, -0.15) is 4.98 Å². The number of H-pyrrole nitrogens is 1. The van der Waals surface area contributed by atoms with Crippen LogP contribution in [0.5, 0.6) is 11.8 Å². The summed E-state index contributed by atoms with van der Waals surface area (Å²) in [6, 6.07) is 5.04. The van der Waals surface area contributed by atoms with E-state index in [-0.39, 0.29) is 43.3 Å². The molecule has 2 aromatic heterocycles. The summed E-state index contributed by atoms with van der Waals surface area (Å²) in [6.45, 7) is 1.71. The molecule has 7 rings (SSSR count). The predicted octanol–water partition coefficient (Wildman–Crippen LogP) is 2.92. The summed E-state index contributed by atoms with van der Waals surface area (Å²) >= 11 is 6.53. The van der Waals surface area contributed by atoms with Gasteiger partial charge in [-0.15, -0.1) is 0 Å². The Morgan fingerprint density at radius 1 is 1.08 bits per heavy atom. The van der Waals surface area contributed by atoms with E-state index in [1.165, 1.54) is 6.07 Å². The second kappa shape index (κ2) is 9.25. The monoisotopic (exact) mass is 532 g/mol. The zero-order valence-electron chi connectivity index (χ0n) is 19.8. The highest BCUT2D eigenvalue weighted by molar-refractivity contribution is 6.33. The van der Waals surface area contributed by atoms with Crippen LogP contribution < -0.4 is 14.8 Å². The predicted molar refractivity (Wildman–Crippen MR) is 130 cm³/mol. The summed E-state index contributed by atoms with van der Waals surface area (Å²) in [7, 11) is 0. The molecule has 196 valence electrons. The Balaban J connectivity index is 1.08. The number of aliphatic hydroxyl groups is 1. The van der Waals surface area contributed by atoms with E-state index in [4.69, 9.17) is 35.3 Å². The van der Waals surface area contributed by atoms with Gasteiger partial charge in [0.1, 0.15) is 41.8 Å². The second-order valence-corrected chi connectivity index (χ2v) is 10.3. The summed E-state index contributed by atoms with van der Waals surface area (Å²) in [5.41, 5.74) is 2.53. The van der Waals surface area contributed by atoms with E-state index in [0.29, 0.717) is 59.4 Å². The average Bonchev–Trinajstić information content (AvgIpc) is 3.67. The van der Waals surface area contributed by atoms with Crippen LogP contribution in [0.1, 0.15) is 30.0 Å². The number of ether oxygens (including phenoxy) is 5. The molecular formula is C25H26ClFN4O6. The molecule has 4 aliphatic rings. The largest absolute Gasteiger partial charge is 0.488 e. The molecule has 3 aromatic rings. The van der Waals surface area contributed by atoms with Gasteiger partial charge in [-0.05, 0) is 30.5 Å². The van der Waals surface area contributed by atoms with Crippen molar-refractivity contribution < 1.29 is 33.2 Å². The number of aromatic amines is 1. The van der Waals surface area contributed by atoms with Crippen LogP contribution in [0.3, 0.4) is 0 Å². The molecule has 1 aliphatic carbocycles. The number of hydrogen-bond acceptors (Lipinski definition) is 9. The van der Waals surface area contributed by atoms with Gasteiger partial charge in [-0.25, -0.2) is 9.37 Å². The zero-order chi connectivity index (χ0) is 25.1. The number of anilines is 1. The number of imidazole rings is 1. The van der Waals surface area contributed by atoms with Gasteiger partial charge in [0.25, 0.3) is 6.01 Å². The van der Waals surface area contributed by atoms with Crippen molar-refractivity contribution in [2.75, 3.05) is 31.7 Å². The summed E-state index contributed by atoms with van der Waals surface area (Å²) in [6.07, 6.45) is 0.373. The minimum atomic E-state index is -0.657. The molecule has 1 aromatic carbocycles. The van der Waals surface area contributed by atoms with E-state index in [9.17, 15) is 5.11 Å². The van der Waals surface area contributed by atoms with E-state index in [2.05, 4.69) is 20.3 Å². The van der Waals surface area contributed by atoms with Crippen LogP contribution in [0.15, 0.2) is 18.2 Å². The number of rotatable bonds is 6. The fourth-order valence-electron chi connectivity index (χ4n) is 5.61. The lowest BCUT2D eigenvalue weighted by atomic mass is 10.1. The van der Waals surface area contributed by atoms with E-state index in [1.54, 1.807) is 6.07 Å². The third-order valence-electron chi connectivity index (χ3n) is 7.39. The molecule has 10 nitrogen and oxygen atoms in total. The Labute approximate surface area is 216 Å². The van der Waals surface area contributed by atoms with Gasteiger partial charge in [0.05, 0.1) is 43.0 Å². The van der Waals surface area contributed by atoms with Crippen LogP contribution in [0, 0.1) is 5.82 Å². The third kappa shape index (κ3) is 4.28. The Hall–Kier alpha value is -2.70. The van der Waals surface area contributed by atoms with E-state index >= 15 is 4.39 Å². The number of fused-ring (bicyclic) bond motifs is 3. The van der Waals surface area contributed by atoms with Crippen molar-refractivity contribution >= 4 is 28.6 Å². The Bertz CT molecular complexity index is 1330. The van der Waals surface area contributed by atoms with Gasteiger partial charge < -0.3 is 39.1 Å². The van der Waals surface area contributed by atoms with Gasteiger partial charge in [0.2, 0.25) is 0 Å². The van der Waals surface area contributed by atoms with Crippen molar-refractivity contribution in [3.8, 4) is 11.8 Å². The first-order valence-electron chi connectivity index (χ1n) is 12.5. The lowest BCUT2D eigenvalue weighted by Gasteiger charge is -2.18. The molecule has 3 aliphatic heterocycles. The molecule has 3 saturated heterocycles. The smallest absolute Gasteiger partial charge is 0.296 e. The van der Waals surface area contributed by atoms with Crippen molar-refractivity contribution in [3.63, 3.8) is 0 Å². The highest BCUT2D eigenvalue weighted by Crippen LogP contribution is 2.40. The number of aliphatic hydroxyl groups excluding tert-OH is 1. The van der Waals surface area contributed by atoms with E-state index < -0.39 is 18.3 Å². The number of nitrogens with zero attached hydrogens (tertiary/aromatic N) is 2. The average molecular weight is 533 g/mol. The number of aromatic nitrogens is 3. The van der Waals surface area contributed by atoms with Gasteiger partial charge in [-0.1, -0.05) is 11.6 Å². The van der Waals surface area contributed by atoms with Gasteiger partial charge in [-0.3, -0.25) is 0 Å². The highest BCUT2D eigenvalue weighted by Gasteiger charge is 2.48. The number of aryl methyl sites for hydroxylation is 1. The Kier molecular flexibility index (Phi) is 5.85. The first-order chi connectivity index (χ1) is 18.0. The van der Waals surface area contributed by atoms with Crippen LogP contribution in [0.25, 0.3) is 11.2 Å². The van der Waals surface area contributed by atoms with Crippen LogP contribution in [0.2, 0.25) is 5.02 Å². The van der Waals surface area contributed by atoms with Crippen molar-refractivity contribution in [3.05, 3.63) is 40.2 Å². The number of nitrogens with one attached hydrogen (secondary N) is 2. The molecule has 0 spiro atoms. The summed E-state index contributed by atoms with van der Waals surface area (Å²) in [5.74, 6) is 0.635. The van der Waals surface area contributed by atoms with Crippen LogP contribution in [0.4, 0.5) is 10.2 Å². The minimum absolute atomic E-state index is 0.0369. The van der Waals surface area contributed by atoms with Crippen molar-refractivity contribution in [2.45, 2.75) is 55.8 Å². The maximum absolute atomic E-state index is 15.2. The lowest BCUT2D eigenvalue weighted by Crippen LogP contribution is -2.34. The van der Waals surface area contributed by atoms with E-state index in [0.717, 1.165) is 12.0 Å².